The van der Waals surface area contributed by atoms with Crippen molar-refractivity contribution >= 4 is 58.4 Å². The zero-order valence-electron chi connectivity index (χ0n) is 52.3. The fraction of sp³-hybridized carbons (Fsp3) is 0.229. The second kappa shape index (κ2) is 20.2. The maximum atomic E-state index is 2.44. The Balaban J connectivity index is 0.728. The van der Waals surface area contributed by atoms with E-state index in [4.69, 9.17) is 0 Å². The average Bonchev–Trinajstić information content (AvgIpc) is 1.75. The molecule has 0 unspecified atom stereocenters. The first-order valence-corrected chi connectivity index (χ1v) is 30.6. The van der Waals surface area contributed by atoms with Crippen LogP contribution in [0.4, 0.5) is 34.1 Å². The van der Waals surface area contributed by atoms with Gasteiger partial charge in [0.1, 0.15) is 0 Å². The molecular weight excluding hydrogens is 1020 g/mol. The van der Waals surface area contributed by atoms with E-state index in [0.717, 1.165) is 11.4 Å². The molecule has 13 rings (SSSR count). The predicted molar refractivity (Wildman–Crippen MR) is 366 cm³/mol. The molecular formula is C83H80N2. The van der Waals surface area contributed by atoms with E-state index in [-0.39, 0.29) is 27.1 Å². The number of benzene rings is 10. The minimum atomic E-state index is -0.183. The van der Waals surface area contributed by atoms with E-state index in [0.29, 0.717) is 0 Å². The first-order valence-electron chi connectivity index (χ1n) is 30.6. The topological polar surface area (TPSA) is 6.48 Å². The van der Waals surface area contributed by atoms with Crippen molar-refractivity contribution in [3.05, 3.63) is 284 Å². The Morgan fingerprint density at radius 2 is 0.529 bits per heavy atom. The van der Waals surface area contributed by atoms with E-state index in [9.17, 15) is 0 Å². The Bertz CT molecular complexity index is 4070. The molecule has 0 amide bonds. The zero-order valence-corrected chi connectivity index (χ0v) is 52.3. The monoisotopic (exact) mass is 1100 g/mol. The van der Waals surface area contributed by atoms with E-state index in [2.05, 4.69) is 337 Å². The fourth-order valence-electron chi connectivity index (χ4n) is 14.0. The van der Waals surface area contributed by atoms with Gasteiger partial charge in [0, 0.05) is 50.4 Å². The van der Waals surface area contributed by atoms with Crippen LogP contribution in [0, 0.1) is 13.8 Å². The highest BCUT2D eigenvalue weighted by molar-refractivity contribution is 5.91. The third-order valence-electron chi connectivity index (χ3n) is 19.2. The van der Waals surface area contributed by atoms with Gasteiger partial charge in [0.25, 0.3) is 0 Å². The quantitative estimate of drug-likeness (QED) is 0.126. The largest absolute Gasteiger partial charge is 0.310 e. The van der Waals surface area contributed by atoms with E-state index in [1.165, 1.54) is 134 Å². The average molecular weight is 1110 g/mol. The molecule has 0 radical (unpaired) electrons. The minimum absolute atomic E-state index is 0.0832. The third-order valence-corrected chi connectivity index (χ3v) is 19.2. The van der Waals surface area contributed by atoms with Crippen molar-refractivity contribution in [1.82, 2.24) is 0 Å². The molecule has 0 aromatic heterocycles. The van der Waals surface area contributed by atoms with Crippen LogP contribution in [0.3, 0.4) is 0 Å². The molecule has 3 aliphatic rings. The highest BCUT2D eigenvalue weighted by atomic mass is 15.1. The number of anilines is 6. The van der Waals surface area contributed by atoms with Gasteiger partial charge in [-0.3, -0.25) is 0 Å². The fourth-order valence-corrected chi connectivity index (χ4v) is 14.0. The summed E-state index contributed by atoms with van der Waals surface area (Å²) in [6.45, 7) is 32.4. The molecule has 0 aliphatic heterocycles. The van der Waals surface area contributed by atoms with Gasteiger partial charge in [0.05, 0.1) is 0 Å². The van der Waals surface area contributed by atoms with Gasteiger partial charge < -0.3 is 9.80 Å². The summed E-state index contributed by atoms with van der Waals surface area (Å²) < 4.78 is 0. The van der Waals surface area contributed by atoms with Crippen LogP contribution in [-0.4, -0.2) is 0 Å². The standard InChI is InChI=1S/C83H80N2/c1-53-19-15-17-21-77(53)84(61-35-31-59(32-36-61)79(3,4)5)63-39-45-69-67-43-29-57(49-73(67)82(11,12)75(69)51-63)25-23-55-27-41-65-66-42-28-56(48-72(66)81(9,10)71(65)47-55)24-26-58-30-44-68-70-46-40-64(52-76(70)83(13,14)74(68)50-58)85(78-22-18-16-20-54(78)2)62-37-33-60(34-38-62)80(6,7)8/h15-52H,1-14H3/b25-23+,26-24+. The molecule has 0 heterocycles. The molecule has 0 saturated carbocycles. The Kier molecular flexibility index (Phi) is 13.2. The Labute approximate surface area is 506 Å². The predicted octanol–water partition coefficient (Wildman–Crippen LogP) is 23.1. The van der Waals surface area contributed by atoms with Crippen LogP contribution < -0.4 is 9.80 Å². The van der Waals surface area contributed by atoms with Crippen molar-refractivity contribution < 1.29 is 0 Å². The van der Waals surface area contributed by atoms with E-state index in [1.54, 1.807) is 0 Å². The van der Waals surface area contributed by atoms with Gasteiger partial charge >= 0.3 is 0 Å². The van der Waals surface area contributed by atoms with Gasteiger partial charge in [0.2, 0.25) is 0 Å². The Morgan fingerprint density at radius 1 is 0.282 bits per heavy atom. The van der Waals surface area contributed by atoms with Crippen molar-refractivity contribution in [2.45, 2.75) is 124 Å². The number of rotatable bonds is 10. The van der Waals surface area contributed by atoms with Crippen LogP contribution in [0.2, 0.25) is 0 Å². The first-order chi connectivity index (χ1) is 40.5. The lowest BCUT2D eigenvalue weighted by Gasteiger charge is -2.30. The molecule has 10 aromatic carbocycles. The van der Waals surface area contributed by atoms with E-state index in [1.807, 2.05) is 0 Å². The van der Waals surface area contributed by atoms with Crippen molar-refractivity contribution in [3.8, 4) is 33.4 Å². The molecule has 0 saturated heterocycles. The molecule has 422 valence electrons. The van der Waals surface area contributed by atoms with Crippen molar-refractivity contribution in [3.63, 3.8) is 0 Å². The summed E-state index contributed by atoms with van der Waals surface area (Å²) in [4.78, 5) is 4.86. The van der Waals surface area contributed by atoms with Crippen LogP contribution in [0.1, 0.15) is 161 Å². The lowest BCUT2D eigenvalue weighted by molar-refractivity contribution is 0.590. The second-order valence-electron chi connectivity index (χ2n) is 28.1. The van der Waals surface area contributed by atoms with Crippen LogP contribution in [0.5, 0.6) is 0 Å². The molecule has 0 bridgehead atoms. The van der Waals surface area contributed by atoms with Crippen LogP contribution in [0.15, 0.2) is 206 Å². The highest BCUT2D eigenvalue weighted by Crippen LogP contribution is 2.54. The van der Waals surface area contributed by atoms with Crippen LogP contribution in [-0.2, 0) is 27.1 Å². The minimum Gasteiger partial charge on any atom is -0.310 e. The maximum absolute atomic E-state index is 2.44. The van der Waals surface area contributed by atoms with Crippen LogP contribution in [0.25, 0.3) is 57.7 Å². The van der Waals surface area contributed by atoms with E-state index < -0.39 is 0 Å². The highest BCUT2D eigenvalue weighted by Gasteiger charge is 2.39. The normalized spacial score (nSPS) is 14.9. The summed E-state index contributed by atoms with van der Waals surface area (Å²) in [7, 11) is 0. The summed E-state index contributed by atoms with van der Waals surface area (Å²) in [5.74, 6) is 0. The zero-order chi connectivity index (χ0) is 59.5. The molecule has 3 aliphatic carbocycles. The molecule has 10 aromatic rings. The summed E-state index contributed by atoms with van der Waals surface area (Å²) >= 11 is 0. The van der Waals surface area contributed by atoms with Gasteiger partial charge in [-0.2, -0.15) is 0 Å². The van der Waals surface area contributed by atoms with Gasteiger partial charge in [-0.15, -0.1) is 0 Å². The number of fused-ring (bicyclic) bond motifs is 9. The molecule has 2 heteroatoms. The summed E-state index contributed by atoms with van der Waals surface area (Å²) in [6.07, 6.45) is 9.21. The lowest BCUT2D eigenvalue weighted by Crippen LogP contribution is -2.17. The first kappa shape index (κ1) is 55.5. The van der Waals surface area contributed by atoms with Gasteiger partial charge in [-0.05, 0) is 197 Å². The summed E-state index contributed by atoms with van der Waals surface area (Å²) in [5.41, 5.74) is 32.9. The SMILES string of the molecule is Cc1ccccc1N(c1ccc(C(C)(C)C)cc1)c1ccc2c(c1)C(C)(C)c1cc(/C=C/c3ccc4c(c3)C(C)(C)c3cc(/C=C/c5ccc6c(c5)C(C)(C)c5cc(N(c7ccc(C(C)(C)C)cc7)c7ccccc7C)ccc5-6)ccc3-4)ccc1-2. The number of aryl methyl sites for hydroxylation is 2. The number of hydrogen-bond donors (Lipinski definition) is 0. The van der Waals surface area contributed by atoms with Crippen molar-refractivity contribution in [1.29, 1.82) is 0 Å². The number of hydrogen-bond acceptors (Lipinski definition) is 2. The molecule has 0 fully saturated rings. The van der Waals surface area contributed by atoms with Gasteiger partial charge in [0.15, 0.2) is 0 Å². The molecule has 85 heavy (non-hydrogen) atoms. The molecule has 0 N–H and O–H groups in total. The Hall–Kier alpha value is -8.72. The third kappa shape index (κ3) is 9.59. The summed E-state index contributed by atoms with van der Waals surface area (Å²) in [5, 5.41) is 0. The van der Waals surface area contributed by atoms with Gasteiger partial charge in [-0.1, -0.05) is 253 Å². The van der Waals surface area contributed by atoms with Crippen LogP contribution >= 0.6 is 0 Å². The summed E-state index contributed by atoms with van der Waals surface area (Å²) in [6, 6.07) is 78.2. The van der Waals surface area contributed by atoms with Crippen molar-refractivity contribution in [2.24, 2.45) is 0 Å². The van der Waals surface area contributed by atoms with Gasteiger partial charge in [-0.25, -0.2) is 0 Å². The Morgan fingerprint density at radius 3 is 0.800 bits per heavy atom. The second-order valence-corrected chi connectivity index (χ2v) is 28.1. The smallest absolute Gasteiger partial charge is 0.0490 e. The molecule has 0 atom stereocenters. The molecule has 0 spiro atoms. The maximum Gasteiger partial charge on any atom is 0.0490 e. The number of para-hydroxylation sites is 2. The lowest BCUT2D eigenvalue weighted by atomic mass is 9.81. The van der Waals surface area contributed by atoms with Crippen molar-refractivity contribution in [2.75, 3.05) is 9.80 Å². The van der Waals surface area contributed by atoms with E-state index >= 15 is 0 Å². The molecule has 2 nitrogen and oxygen atoms in total. The number of nitrogens with zero attached hydrogens (tertiary/aromatic N) is 2.